The van der Waals surface area contributed by atoms with E-state index in [1.165, 1.54) is 11.3 Å². The number of halogens is 1. The van der Waals surface area contributed by atoms with Crippen LogP contribution in [0.4, 0.5) is 5.69 Å². The van der Waals surface area contributed by atoms with Gasteiger partial charge in [0.15, 0.2) is 6.61 Å². The molecule has 110 valence electrons. The molecule has 1 N–H and O–H groups in total. The molecule has 0 fully saturated rings. The van der Waals surface area contributed by atoms with Crippen LogP contribution in [0.1, 0.15) is 20.1 Å². The summed E-state index contributed by atoms with van der Waals surface area (Å²) in [5.74, 6) is -0.816. The molecular weight excluding hydrogens is 401 g/mol. The fourth-order valence-electron chi connectivity index (χ4n) is 1.70. The second kappa shape index (κ2) is 7.04. The maximum atomic E-state index is 11.8. The second-order valence-electron chi connectivity index (χ2n) is 4.49. The number of carbonyl (C=O) groups is 2. The Balaban J connectivity index is 1.89. The third-order valence-electron chi connectivity index (χ3n) is 2.74. The summed E-state index contributed by atoms with van der Waals surface area (Å²) in [6.45, 7) is 3.53. The molecule has 1 amide bonds. The number of benzene rings is 1. The van der Waals surface area contributed by atoms with Gasteiger partial charge in [0.25, 0.3) is 5.91 Å². The summed E-state index contributed by atoms with van der Waals surface area (Å²) in [4.78, 5) is 25.1. The van der Waals surface area contributed by atoms with Gasteiger partial charge >= 0.3 is 5.97 Å². The largest absolute Gasteiger partial charge is 0.451 e. The van der Waals surface area contributed by atoms with Crippen molar-refractivity contribution in [2.75, 3.05) is 11.9 Å². The van der Waals surface area contributed by atoms with Gasteiger partial charge in [0, 0.05) is 14.1 Å². The van der Waals surface area contributed by atoms with E-state index in [1.54, 1.807) is 6.07 Å². The van der Waals surface area contributed by atoms with Gasteiger partial charge in [0.1, 0.15) is 4.88 Å². The number of ether oxygens (including phenoxy) is 1. The van der Waals surface area contributed by atoms with Crippen molar-refractivity contribution in [2.24, 2.45) is 0 Å². The van der Waals surface area contributed by atoms with Crippen molar-refractivity contribution in [1.29, 1.82) is 0 Å². The van der Waals surface area contributed by atoms with Crippen molar-refractivity contribution >= 4 is 51.5 Å². The highest BCUT2D eigenvalue weighted by Crippen LogP contribution is 2.18. The Morgan fingerprint density at radius 3 is 2.62 bits per heavy atom. The highest BCUT2D eigenvalue weighted by atomic mass is 127. The van der Waals surface area contributed by atoms with Crippen LogP contribution in [-0.4, -0.2) is 18.5 Å². The van der Waals surface area contributed by atoms with E-state index in [4.69, 9.17) is 4.74 Å². The smallest absolute Gasteiger partial charge is 0.348 e. The van der Waals surface area contributed by atoms with Crippen molar-refractivity contribution in [2.45, 2.75) is 13.8 Å². The zero-order chi connectivity index (χ0) is 15.4. The molecule has 0 saturated heterocycles. The average molecular weight is 415 g/mol. The summed E-state index contributed by atoms with van der Waals surface area (Å²) in [7, 11) is 0. The summed E-state index contributed by atoms with van der Waals surface area (Å²) in [5, 5.41) is 2.73. The van der Waals surface area contributed by atoms with Crippen LogP contribution in [0.2, 0.25) is 0 Å². The van der Waals surface area contributed by atoms with Crippen LogP contribution in [-0.2, 0) is 9.53 Å². The third kappa shape index (κ3) is 4.53. The molecule has 0 unspecified atom stereocenters. The van der Waals surface area contributed by atoms with Gasteiger partial charge in [-0.15, -0.1) is 11.3 Å². The van der Waals surface area contributed by atoms with Crippen LogP contribution in [0.25, 0.3) is 0 Å². The summed E-state index contributed by atoms with van der Waals surface area (Å²) in [6.07, 6.45) is 0. The first-order chi connectivity index (χ1) is 9.95. The summed E-state index contributed by atoms with van der Waals surface area (Å²) in [6, 6.07) is 9.25. The molecule has 0 spiro atoms. The topological polar surface area (TPSA) is 55.4 Å². The average Bonchev–Trinajstić information content (AvgIpc) is 2.86. The SMILES string of the molecule is Cc1ccc(C(=O)OCC(=O)Nc2ccc(I)cc2C)s1. The molecule has 0 atom stereocenters. The molecule has 0 bridgehead atoms. The molecule has 0 aliphatic carbocycles. The lowest BCUT2D eigenvalue weighted by molar-refractivity contribution is -0.119. The number of anilines is 1. The second-order valence-corrected chi connectivity index (χ2v) is 7.03. The van der Waals surface area contributed by atoms with E-state index in [-0.39, 0.29) is 12.5 Å². The third-order valence-corrected chi connectivity index (χ3v) is 4.39. The Labute approximate surface area is 140 Å². The van der Waals surface area contributed by atoms with E-state index >= 15 is 0 Å². The van der Waals surface area contributed by atoms with E-state index in [0.29, 0.717) is 4.88 Å². The molecule has 1 heterocycles. The minimum atomic E-state index is -0.470. The van der Waals surface area contributed by atoms with Crippen LogP contribution in [0, 0.1) is 17.4 Å². The van der Waals surface area contributed by atoms with Gasteiger partial charge < -0.3 is 10.1 Å². The Bertz CT molecular complexity index is 681. The van der Waals surface area contributed by atoms with E-state index in [9.17, 15) is 9.59 Å². The normalized spacial score (nSPS) is 10.2. The molecule has 21 heavy (non-hydrogen) atoms. The predicted molar refractivity (Wildman–Crippen MR) is 91.9 cm³/mol. The van der Waals surface area contributed by atoms with E-state index in [2.05, 4.69) is 27.9 Å². The number of esters is 1. The molecule has 0 aliphatic heterocycles. The van der Waals surface area contributed by atoms with Crippen molar-refractivity contribution in [3.63, 3.8) is 0 Å². The van der Waals surface area contributed by atoms with Crippen molar-refractivity contribution in [3.8, 4) is 0 Å². The van der Waals surface area contributed by atoms with Crippen molar-refractivity contribution < 1.29 is 14.3 Å². The highest BCUT2D eigenvalue weighted by Gasteiger charge is 2.12. The lowest BCUT2D eigenvalue weighted by Gasteiger charge is -2.09. The van der Waals surface area contributed by atoms with Gasteiger partial charge in [-0.05, 0) is 72.3 Å². The maximum Gasteiger partial charge on any atom is 0.348 e. The van der Waals surface area contributed by atoms with Crippen LogP contribution in [0.3, 0.4) is 0 Å². The Kier molecular flexibility index (Phi) is 5.35. The number of amides is 1. The van der Waals surface area contributed by atoms with E-state index in [0.717, 1.165) is 19.7 Å². The zero-order valence-electron chi connectivity index (χ0n) is 11.6. The number of hydrogen-bond donors (Lipinski definition) is 1. The monoisotopic (exact) mass is 415 g/mol. The lowest BCUT2D eigenvalue weighted by atomic mass is 10.2. The molecule has 1 aromatic carbocycles. The minimum Gasteiger partial charge on any atom is -0.451 e. The summed E-state index contributed by atoms with van der Waals surface area (Å²) >= 11 is 3.56. The van der Waals surface area contributed by atoms with Crippen molar-refractivity contribution in [1.82, 2.24) is 0 Å². The molecule has 4 nitrogen and oxygen atoms in total. The van der Waals surface area contributed by atoms with Gasteiger partial charge in [0.05, 0.1) is 0 Å². The first-order valence-electron chi connectivity index (χ1n) is 6.25. The lowest BCUT2D eigenvalue weighted by Crippen LogP contribution is -2.21. The maximum absolute atomic E-state index is 11.8. The molecule has 6 heteroatoms. The van der Waals surface area contributed by atoms with E-state index in [1.807, 2.05) is 38.1 Å². The number of hydrogen-bond acceptors (Lipinski definition) is 4. The molecular formula is C15H14INO3S. The fourth-order valence-corrected chi connectivity index (χ4v) is 3.11. The number of rotatable bonds is 4. The zero-order valence-corrected chi connectivity index (χ0v) is 14.6. The first-order valence-corrected chi connectivity index (χ1v) is 8.15. The predicted octanol–water partition coefficient (Wildman–Crippen LogP) is 3.77. The number of carbonyl (C=O) groups excluding carboxylic acids is 2. The van der Waals surface area contributed by atoms with Gasteiger partial charge in [-0.3, -0.25) is 4.79 Å². The molecule has 0 aliphatic rings. The van der Waals surface area contributed by atoms with Crippen LogP contribution in [0.15, 0.2) is 30.3 Å². The van der Waals surface area contributed by atoms with Gasteiger partial charge in [-0.1, -0.05) is 0 Å². The Hall–Kier alpha value is -1.41. The summed E-state index contributed by atoms with van der Waals surface area (Å²) in [5.41, 5.74) is 1.69. The number of thiophene rings is 1. The van der Waals surface area contributed by atoms with Crippen molar-refractivity contribution in [3.05, 3.63) is 49.2 Å². The number of aryl methyl sites for hydroxylation is 2. The van der Waals surface area contributed by atoms with E-state index < -0.39 is 5.97 Å². The molecule has 1 aromatic heterocycles. The standard InChI is InChI=1S/C15H14INO3S/c1-9-7-11(16)4-5-12(9)17-14(18)8-20-15(19)13-6-3-10(2)21-13/h3-7H,8H2,1-2H3,(H,17,18). The number of nitrogens with one attached hydrogen (secondary N) is 1. The summed E-state index contributed by atoms with van der Waals surface area (Å²) < 4.78 is 6.10. The van der Waals surface area contributed by atoms with Gasteiger partial charge in [-0.25, -0.2) is 4.79 Å². The molecule has 0 radical (unpaired) electrons. The Morgan fingerprint density at radius 2 is 2.00 bits per heavy atom. The van der Waals surface area contributed by atoms with Crippen LogP contribution >= 0.6 is 33.9 Å². The van der Waals surface area contributed by atoms with Gasteiger partial charge in [-0.2, -0.15) is 0 Å². The minimum absolute atomic E-state index is 0.290. The molecule has 0 saturated carbocycles. The van der Waals surface area contributed by atoms with Crippen LogP contribution < -0.4 is 5.32 Å². The van der Waals surface area contributed by atoms with Crippen LogP contribution in [0.5, 0.6) is 0 Å². The Morgan fingerprint density at radius 1 is 1.24 bits per heavy atom. The fraction of sp³-hybridized carbons (Fsp3) is 0.200. The molecule has 2 aromatic rings. The first kappa shape index (κ1) is 16.0. The van der Waals surface area contributed by atoms with Gasteiger partial charge in [0.2, 0.25) is 0 Å². The highest BCUT2D eigenvalue weighted by molar-refractivity contribution is 14.1. The quantitative estimate of drug-likeness (QED) is 0.611. The molecule has 2 rings (SSSR count).